The Kier molecular flexibility index (Phi) is 12.6. The molecular weight excluding hydrogens is 574 g/mol. The molecule has 8 heteroatoms. The van der Waals surface area contributed by atoms with Gasteiger partial charge in [-0.1, -0.05) is 89.8 Å². The predicted octanol–water partition coefficient (Wildman–Crippen LogP) is 8.24. The molecule has 0 saturated carbocycles. The number of aromatic nitrogens is 2. The Morgan fingerprint density at radius 3 is 2.14 bits per heavy atom. The van der Waals surface area contributed by atoms with Crippen LogP contribution in [0.15, 0.2) is 79.0 Å². The summed E-state index contributed by atoms with van der Waals surface area (Å²) in [5.41, 5.74) is 5.10. The van der Waals surface area contributed by atoms with Crippen molar-refractivity contribution in [2.75, 3.05) is 6.61 Å². The maximum Gasteiger partial charge on any atom is 0.326 e. The number of halogens is 1. The lowest BCUT2D eigenvalue weighted by molar-refractivity contribution is -0.139. The number of nitrogens with one attached hydrogen (secondary N) is 2. The minimum Gasteiger partial charge on any atom is -0.494 e. The van der Waals surface area contributed by atoms with E-state index in [0.717, 1.165) is 52.5 Å². The van der Waals surface area contributed by atoms with Gasteiger partial charge < -0.3 is 20.1 Å². The molecule has 1 heterocycles. The number of aliphatic carboxylic acids is 1. The Balaban J connectivity index is 0.00000529. The molecule has 0 aliphatic carbocycles. The van der Waals surface area contributed by atoms with Crippen molar-refractivity contribution < 1.29 is 19.4 Å². The van der Waals surface area contributed by atoms with Crippen LogP contribution in [-0.4, -0.2) is 39.6 Å². The number of benzene rings is 3. The summed E-state index contributed by atoms with van der Waals surface area (Å²) in [5, 5.41) is 12.5. The quantitative estimate of drug-likeness (QED) is 0.124. The van der Waals surface area contributed by atoms with Crippen LogP contribution < -0.4 is 10.1 Å². The number of unbranched alkanes of at least 4 members (excludes halogenated alkanes) is 4. The number of imidazole rings is 1. The Bertz CT molecular complexity index is 1470. The zero-order valence-electron chi connectivity index (χ0n) is 26.1. The second-order valence-electron chi connectivity index (χ2n) is 12.0. The van der Waals surface area contributed by atoms with Crippen LogP contribution in [0.25, 0.3) is 22.6 Å². The molecular formula is C36H44ClN3O4. The van der Waals surface area contributed by atoms with Gasteiger partial charge in [-0.05, 0) is 64.9 Å². The van der Waals surface area contributed by atoms with E-state index in [1.54, 1.807) is 18.3 Å². The SMILES string of the molecule is CCCCCCCOc1ccc(-c2cnc(-c3ccc(CC(NC(=O)c4ccc(C(C)(C)C)cc4)C(=O)O)cc3)[nH]2)cc1.Cl. The number of carbonyl (C=O) groups is 2. The van der Waals surface area contributed by atoms with Crippen molar-refractivity contribution in [2.45, 2.75) is 77.7 Å². The van der Waals surface area contributed by atoms with Crippen molar-refractivity contribution >= 4 is 24.3 Å². The van der Waals surface area contributed by atoms with E-state index in [2.05, 4.69) is 43.0 Å². The van der Waals surface area contributed by atoms with Crippen LogP contribution in [-0.2, 0) is 16.6 Å². The molecule has 0 fully saturated rings. The van der Waals surface area contributed by atoms with E-state index in [4.69, 9.17) is 4.74 Å². The van der Waals surface area contributed by atoms with Gasteiger partial charge in [0.1, 0.15) is 17.6 Å². The van der Waals surface area contributed by atoms with Gasteiger partial charge >= 0.3 is 5.97 Å². The highest BCUT2D eigenvalue weighted by atomic mass is 35.5. The largest absolute Gasteiger partial charge is 0.494 e. The number of hydrogen-bond donors (Lipinski definition) is 3. The van der Waals surface area contributed by atoms with Gasteiger partial charge in [-0.2, -0.15) is 0 Å². The van der Waals surface area contributed by atoms with E-state index < -0.39 is 17.9 Å². The van der Waals surface area contributed by atoms with Crippen LogP contribution in [0, 0.1) is 0 Å². The maximum atomic E-state index is 12.8. The highest BCUT2D eigenvalue weighted by Gasteiger charge is 2.22. The van der Waals surface area contributed by atoms with E-state index in [1.807, 2.05) is 60.7 Å². The molecule has 4 aromatic rings. The summed E-state index contributed by atoms with van der Waals surface area (Å²) in [6.45, 7) is 9.26. The average Bonchev–Trinajstić information content (AvgIpc) is 3.49. The van der Waals surface area contributed by atoms with E-state index in [1.165, 1.54) is 25.7 Å². The van der Waals surface area contributed by atoms with Crippen molar-refractivity contribution in [2.24, 2.45) is 0 Å². The first-order chi connectivity index (χ1) is 20.6. The molecule has 7 nitrogen and oxygen atoms in total. The summed E-state index contributed by atoms with van der Waals surface area (Å²) in [6.07, 6.45) is 8.03. The maximum absolute atomic E-state index is 12.8. The molecule has 0 spiro atoms. The number of aromatic amines is 1. The third-order valence-corrected chi connectivity index (χ3v) is 7.54. The minimum absolute atomic E-state index is 0. The lowest BCUT2D eigenvalue weighted by Gasteiger charge is -2.19. The summed E-state index contributed by atoms with van der Waals surface area (Å²) in [5.74, 6) is 0.0945. The number of carboxylic acids is 1. The predicted molar refractivity (Wildman–Crippen MR) is 179 cm³/mol. The molecule has 0 bridgehead atoms. The number of hydrogen-bond acceptors (Lipinski definition) is 4. The van der Waals surface area contributed by atoms with Gasteiger partial charge in [-0.15, -0.1) is 12.4 Å². The number of nitrogens with zero attached hydrogens (tertiary/aromatic N) is 1. The van der Waals surface area contributed by atoms with Gasteiger partial charge in [-0.3, -0.25) is 4.79 Å². The number of carboxylic acid groups (broad SMARTS) is 1. The van der Waals surface area contributed by atoms with Gasteiger partial charge in [0.25, 0.3) is 5.91 Å². The fourth-order valence-electron chi connectivity index (χ4n) is 4.84. The second-order valence-corrected chi connectivity index (χ2v) is 12.0. The first kappa shape index (κ1) is 34.4. The molecule has 1 aromatic heterocycles. The van der Waals surface area contributed by atoms with Crippen LogP contribution in [0.1, 0.15) is 81.3 Å². The molecule has 0 aliphatic heterocycles. The van der Waals surface area contributed by atoms with Crippen molar-refractivity contribution in [1.82, 2.24) is 15.3 Å². The van der Waals surface area contributed by atoms with Crippen LogP contribution in [0.3, 0.4) is 0 Å². The molecule has 3 aromatic carbocycles. The summed E-state index contributed by atoms with van der Waals surface area (Å²) in [6, 6.07) is 21.8. The average molecular weight is 618 g/mol. The second kappa shape index (κ2) is 16.1. The lowest BCUT2D eigenvalue weighted by Crippen LogP contribution is -2.42. The number of carbonyl (C=O) groups excluding carboxylic acids is 1. The Hall–Kier alpha value is -4.10. The van der Waals surface area contributed by atoms with Gasteiger partial charge in [-0.25, -0.2) is 9.78 Å². The van der Waals surface area contributed by atoms with Gasteiger partial charge in [0.15, 0.2) is 0 Å². The third-order valence-electron chi connectivity index (χ3n) is 7.54. The van der Waals surface area contributed by atoms with Crippen LogP contribution in [0.5, 0.6) is 5.75 Å². The normalized spacial score (nSPS) is 11.8. The van der Waals surface area contributed by atoms with Crippen molar-refractivity contribution in [3.05, 3.63) is 95.7 Å². The smallest absolute Gasteiger partial charge is 0.326 e. The molecule has 1 unspecified atom stereocenters. The Morgan fingerprint density at radius 2 is 1.52 bits per heavy atom. The molecule has 0 saturated heterocycles. The van der Waals surface area contributed by atoms with E-state index in [0.29, 0.717) is 5.56 Å². The van der Waals surface area contributed by atoms with Crippen molar-refractivity contribution in [1.29, 1.82) is 0 Å². The minimum atomic E-state index is -1.08. The standard InChI is InChI=1S/C36H43N3O4.ClH/c1-5-6-7-8-9-22-43-30-20-16-26(17-21-30)32-24-37-33(38-32)27-12-10-25(11-13-27)23-31(35(41)42)39-34(40)28-14-18-29(19-15-28)36(2,3)4;/h10-21,24,31H,5-9,22-23H2,1-4H3,(H,37,38)(H,39,40)(H,41,42);1H. The van der Waals surface area contributed by atoms with E-state index in [-0.39, 0.29) is 24.2 Å². The number of H-pyrrole nitrogens is 1. The lowest BCUT2D eigenvalue weighted by atomic mass is 9.86. The van der Waals surface area contributed by atoms with Crippen LogP contribution >= 0.6 is 12.4 Å². The first-order valence-corrected chi connectivity index (χ1v) is 15.2. The molecule has 1 amide bonds. The topological polar surface area (TPSA) is 104 Å². The number of amides is 1. The first-order valence-electron chi connectivity index (χ1n) is 15.2. The van der Waals surface area contributed by atoms with Gasteiger partial charge in [0, 0.05) is 17.5 Å². The zero-order valence-corrected chi connectivity index (χ0v) is 26.9. The number of ether oxygens (including phenoxy) is 1. The zero-order chi connectivity index (χ0) is 30.8. The number of rotatable bonds is 14. The third kappa shape index (κ3) is 9.71. The highest BCUT2D eigenvalue weighted by molar-refractivity contribution is 5.96. The Labute approximate surface area is 266 Å². The van der Waals surface area contributed by atoms with Gasteiger partial charge in [0.2, 0.25) is 0 Å². The Morgan fingerprint density at radius 1 is 0.886 bits per heavy atom. The van der Waals surface area contributed by atoms with Crippen LogP contribution in [0.4, 0.5) is 0 Å². The monoisotopic (exact) mass is 617 g/mol. The summed E-state index contributed by atoms with van der Waals surface area (Å²) in [7, 11) is 0. The molecule has 0 radical (unpaired) electrons. The summed E-state index contributed by atoms with van der Waals surface area (Å²) < 4.78 is 5.88. The van der Waals surface area contributed by atoms with Gasteiger partial charge in [0.05, 0.1) is 18.5 Å². The van der Waals surface area contributed by atoms with E-state index >= 15 is 0 Å². The summed E-state index contributed by atoms with van der Waals surface area (Å²) in [4.78, 5) is 32.7. The van der Waals surface area contributed by atoms with E-state index in [9.17, 15) is 14.7 Å². The molecule has 4 rings (SSSR count). The molecule has 234 valence electrons. The molecule has 0 aliphatic rings. The highest BCUT2D eigenvalue weighted by Crippen LogP contribution is 2.25. The summed E-state index contributed by atoms with van der Waals surface area (Å²) >= 11 is 0. The molecule has 1 atom stereocenters. The van der Waals surface area contributed by atoms with Crippen molar-refractivity contribution in [3.8, 4) is 28.4 Å². The fourth-order valence-corrected chi connectivity index (χ4v) is 4.84. The van der Waals surface area contributed by atoms with Crippen molar-refractivity contribution in [3.63, 3.8) is 0 Å². The fraction of sp³-hybridized carbons (Fsp3) is 0.361. The molecule has 44 heavy (non-hydrogen) atoms. The molecule has 3 N–H and O–H groups in total. The van der Waals surface area contributed by atoms with Crippen LogP contribution in [0.2, 0.25) is 0 Å².